The molecule has 4 aromatic rings. The average Bonchev–Trinajstić information content (AvgIpc) is 3.44. The number of guanidine groups is 1. The van der Waals surface area contributed by atoms with Crippen molar-refractivity contribution in [1.82, 2.24) is 34.8 Å². The number of nitrogens with one attached hydrogen (secondary N) is 1. The number of aromatic nitrogens is 5. The van der Waals surface area contributed by atoms with Gasteiger partial charge < -0.3 is 15.8 Å². The van der Waals surface area contributed by atoms with Gasteiger partial charge in [-0.3, -0.25) is 14.7 Å². The van der Waals surface area contributed by atoms with Gasteiger partial charge in [-0.05, 0) is 67.0 Å². The predicted molar refractivity (Wildman–Crippen MR) is 182 cm³/mol. The van der Waals surface area contributed by atoms with Gasteiger partial charge in [0.2, 0.25) is 0 Å². The van der Waals surface area contributed by atoms with Crippen LogP contribution in [0.5, 0.6) is 0 Å². The number of hydrogen-bond donors (Lipinski definition) is 2. The van der Waals surface area contributed by atoms with Crippen LogP contribution in [-0.2, 0) is 4.74 Å². The normalized spacial score (nSPS) is 14.8. The Kier molecular flexibility index (Phi) is 11.0. The molecule has 0 spiro atoms. The van der Waals surface area contributed by atoms with Crippen molar-refractivity contribution in [2.45, 2.75) is 71.6 Å². The highest BCUT2D eigenvalue weighted by Crippen LogP contribution is 2.35. The number of rotatable bonds is 12. The smallest absolute Gasteiger partial charge is 0.407 e. The van der Waals surface area contributed by atoms with Crippen molar-refractivity contribution in [2.75, 3.05) is 13.2 Å². The molecule has 1 fully saturated rings. The molecule has 3 N–H and O–H groups in total. The minimum Gasteiger partial charge on any atom is -0.447 e. The molecule has 1 atom stereocenters. The van der Waals surface area contributed by atoms with E-state index < -0.39 is 43.3 Å². The van der Waals surface area contributed by atoms with Gasteiger partial charge in [0, 0.05) is 35.0 Å². The van der Waals surface area contributed by atoms with Crippen molar-refractivity contribution in [3.05, 3.63) is 77.3 Å². The number of ether oxygens (including phenoxy) is 1. The Balaban J connectivity index is 1.56. The van der Waals surface area contributed by atoms with E-state index in [1.165, 1.54) is 41.6 Å². The molecular weight excluding hydrogens is 694 g/mol. The maximum atomic E-state index is 14.4. The summed E-state index contributed by atoms with van der Waals surface area (Å²) in [6.07, 6.45) is 4.81. The molecule has 1 aliphatic rings. The molecular formula is C34H38ClF4N9O3. The molecule has 0 aliphatic heterocycles. The molecule has 51 heavy (non-hydrogen) atoms. The van der Waals surface area contributed by atoms with Crippen LogP contribution >= 0.6 is 11.6 Å². The first-order valence-corrected chi connectivity index (χ1v) is 16.4. The summed E-state index contributed by atoms with van der Waals surface area (Å²) in [5.41, 5.74) is 7.71. The maximum absolute atomic E-state index is 14.4. The van der Waals surface area contributed by atoms with Gasteiger partial charge >= 0.3 is 19.2 Å². The third kappa shape index (κ3) is 9.42. The Bertz CT molecular complexity index is 1890. The summed E-state index contributed by atoms with van der Waals surface area (Å²) >= 11 is 6.48. The van der Waals surface area contributed by atoms with Crippen LogP contribution in [0.1, 0.15) is 82.0 Å². The molecule has 2 amide bonds. The van der Waals surface area contributed by atoms with E-state index in [-0.39, 0.29) is 39.9 Å². The van der Waals surface area contributed by atoms with E-state index >= 15 is 0 Å². The summed E-state index contributed by atoms with van der Waals surface area (Å²) < 4.78 is 59.5. The van der Waals surface area contributed by atoms with E-state index in [0.717, 1.165) is 19.2 Å². The van der Waals surface area contributed by atoms with E-state index in [0.29, 0.717) is 32.5 Å². The molecule has 0 bridgehead atoms. The molecule has 272 valence electrons. The van der Waals surface area contributed by atoms with Gasteiger partial charge in [-0.1, -0.05) is 50.6 Å². The fourth-order valence-electron chi connectivity index (χ4n) is 5.01. The summed E-state index contributed by atoms with van der Waals surface area (Å²) in [5, 5.41) is 10.4. The van der Waals surface area contributed by atoms with Crippen molar-refractivity contribution in [1.29, 1.82) is 0 Å². The molecule has 0 unspecified atom stereocenters. The Morgan fingerprint density at radius 3 is 2.35 bits per heavy atom. The number of hydrogen-bond acceptors (Lipinski definition) is 7. The van der Waals surface area contributed by atoms with E-state index in [1.54, 1.807) is 18.2 Å². The first-order chi connectivity index (χ1) is 24.0. The zero-order valence-electron chi connectivity index (χ0n) is 28.4. The predicted octanol–water partition coefficient (Wildman–Crippen LogP) is 7.47. The van der Waals surface area contributed by atoms with Crippen molar-refractivity contribution < 1.29 is 31.9 Å². The lowest BCUT2D eigenvalue weighted by Crippen LogP contribution is -2.47. The summed E-state index contributed by atoms with van der Waals surface area (Å²) in [5.74, 6) is -0.899. The number of nitrogens with two attached hydrogens (primary N) is 1. The number of carbonyl (C=O) groups excluding carboxylic acids is 2. The van der Waals surface area contributed by atoms with Crippen LogP contribution < -0.4 is 11.1 Å². The molecule has 5 rings (SSSR count). The van der Waals surface area contributed by atoms with Crippen molar-refractivity contribution in [2.24, 2.45) is 16.1 Å². The number of halogens is 5. The second-order valence-electron chi connectivity index (χ2n) is 13.7. The van der Waals surface area contributed by atoms with E-state index in [2.05, 4.69) is 25.5 Å². The molecule has 17 heteroatoms. The highest BCUT2D eigenvalue weighted by Gasteiger charge is 2.40. The lowest BCUT2D eigenvalue weighted by Gasteiger charge is -2.32. The summed E-state index contributed by atoms with van der Waals surface area (Å²) in [6, 6.07) is 9.62. The Labute approximate surface area is 296 Å². The minimum absolute atomic E-state index is 0.100. The van der Waals surface area contributed by atoms with Crippen LogP contribution in [0.15, 0.2) is 66.2 Å². The van der Waals surface area contributed by atoms with Gasteiger partial charge in [-0.15, -0.1) is 5.10 Å². The fraction of sp³-hybridized carbons (Fsp3) is 0.412. The lowest BCUT2D eigenvalue weighted by molar-refractivity contribution is 0.0561. The molecule has 2 aromatic carbocycles. The van der Waals surface area contributed by atoms with E-state index in [1.807, 2.05) is 27.7 Å². The third-order valence-electron chi connectivity index (χ3n) is 8.28. The zero-order valence-corrected chi connectivity index (χ0v) is 29.1. The van der Waals surface area contributed by atoms with E-state index in [9.17, 15) is 27.2 Å². The van der Waals surface area contributed by atoms with E-state index in [4.69, 9.17) is 22.1 Å². The van der Waals surface area contributed by atoms with Crippen LogP contribution in [0.3, 0.4) is 0 Å². The number of alkyl carbamates (subject to hydrolysis) is 1. The van der Waals surface area contributed by atoms with Crippen LogP contribution in [-0.4, -0.2) is 66.1 Å². The van der Waals surface area contributed by atoms with Crippen LogP contribution in [0, 0.1) is 5.41 Å². The number of aliphatic imine (C=N–C) groups is 1. The third-order valence-corrected chi connectivity index (χ3v) is 8.61. The Morgan fingerprint density at radius 1 is 1.08 bits per heavy atom. The fourth-order valence-corrected chi connectivity index (χ4v) is 5.21. The number of nitrogens with zero attached hydrogens (tertiary/aromatic N) is 7. The minimum atomic E-state index is -2.94. The van der Waals surface area contributed by atoms with Crippen molar-refractivity contribution >= 4 is 29.6 Å². The number of amides is 2. The Morgan fingerprint density at radius 2 is 1.76 bits per heavy atom. The van der Waals surface area contributed by atoms with Crippen LogP contribution in [0.2, 0.25) is 5.02 Å². The van der Waals surface area contributed by atoms with Crippen molar-refractivity contribution in [3.63, 3.8) is 0 Å². The Hall–Kier alpha value is -4.99. The van der Waals surface area contributed by atoms with Gasteiger partial charge in [-0.2, -0.15) is 27.3 Å². The second kappa shape index (κ2) is 15.1. The quantitative estimate of drug-likeness (QED) is 0.0874. The molecule has 1 aliphatic carbocycles. The first-order valence-electron chi connectivity index (χ1n) is 16.0. The topological polar surface area (TPSA) is 146 Å². The van der Waals surface area contributed by atoms with Gasteiger partial charge in [0.15, 0.2) is 11.8 Å². The number of alkyl halides is 4. The van der Waals surface area contributed by atoms with Gasteiger partial charge in [-0.25, -0.2) is 14.5 Å². The maximum Gasteiger partial charge on any atom is 0.407 e. The molecule has 0 saturated heterocycles. The summed E-state index contributed by atoms with van der Waals surface area (Å²) in [6.45, 7) is 2.08. The van der Waals surface area contributed by atoms with Gasteiger partial charge in [0.25, 0.3) is 5.91 Å². The number of carbonyl (C=O) groups is 2. The standard InChI is InChI=1S/C34H38ClF4N9O3/c1-33(2,3)13-14-41-31(40)48(28(49)21-7-5-20(6-8-21)23-16-43-46(17-23)29(36)37)26(18-51-32(50)44-34(4)11-12-34)22-9-10-25(35)24(15-22)27-42-19-47(45-27)30(38)39/h5-10,15-17,19,26,29-30H,11-14,18H2,1-4H3,(H2,40,41)(H,44,50)/t26-/m1/s1. The first kappa shape index (κ1) is 37.3. The lowest BCUT2D eigenvalue weighted by atomic mass is 9.92. The summed E-state index contributed by atoms with van der Waals surface area (Å²) in [7, 11) is 0. The largest absolute Gasteiger partial charge is 0.447 e. The molecule has 0 radical (unpaired) electrons. The zero-order chi connectivity index (χ0) is 37.1. The monoisotopic (exact) mass is 731 g/mol. The number of benzene rings is 2. The van der Waals surface area contributed by atoms with Crippen LogP contribution in [0.4, 0.5) is 22.4 Å². The highest BCUT2D eigenvalue weighted by molar-refractivity contribution is 6.33. The SMILES string of the molecule is CC(C)(C)CCN=C(N)N(C(=O)c1ccc(-c2cnn(C(F)F)c2)cc1)[C@H](COC(=O)NC1(C)CC1)c1ccc(Cl)c(-c2ncn(C(F)F)n2)c1. The average molecular weight is 732 g/mol. The van der Waals surface area contributed by atoms with Crippen molar-refractivity contribution in [3.8, 4) is 22.5 Å². The van der Waals surface area contributed by atoms with Gasteiger partial charge in [0.1, 0.15) is 12.9 Å². The second-order valence-corrected chi connectivity index (χ2v) is 14.1. The highest BCUT2D eigenvalue weighted by atomic mass is 35.5. The molecule has 1 saturated carbocycles. The molecule has 2 aromatic heterocycles. The van der Waals surface area contributed by atoms with Crippen LogP contribution in [0.25, 0.3) is 22.5 Å². The molecule has 2 heterocycles. The van der Waals surface area contributed by atoms with Gasteiger partial charge in [0.05, 0.1) is 17.3 Å². The summed E-state index contributed by atoms with van der Waals surface area (Å²) in [4.78, 5) is 37.0. The molecule has 12 nitrogen and oxygen atoms in total.